The lowest BCUT2D eigenvalue weighted by Crippen LogP contribution is -2.23. The first-order valence-electron chi connectivity index (χ1n) is 6.45. The van der Waals surface area contributed by atoms with Gasteiger partial charge in [-0.1, -0.05) is 36.4 Å². The molecule has 0 radical (unpaired) electrons. The number of rotatable bonds is 7. The van der Waals surface area contributed by atoms with Crippen molar-refractivity contribution in [3.63, 3.8) is 0 Å². The molecule has 0 atom stereocenters. The zero-order chi connectivity index (χ0) is 14.9. The molecule has 2 aromatic rings. The number of halogens is 1. The molecule has 2 aromatic carbocycles. The van der Waals surface area contributed by atoms with Gasteiger partial charge in [-0.05, 0) is 24.3 Å². The summed E-state index contributed by atoms with van der Waals surface area (Å²) in [5.41, 5.74) is 0.458. The monoisotopic (exact) mass is 320 g/mol. The van der Waals surface area contributed by atoms with Crippen LogP contribution >= 0.6 is 10.0 Å². The zero-order valence-electron chi connectivity index (χ0n) is 11.3. The Kier molecular flexibility index (Phi) is 6.58. The predicted molar refractivity (Wildman–Crippen MR) is 81.4 cm³/mol. The fraction of sp³-hybridized carbons (Fsp3) is 0.133. The van der Waals surface area contributed by atoms with Gasteiger partial charge in [0.1, 0.15) is 12.4 Å². The van der Waals surface area contributed by atoms with Crippen molar-refractivity contribution in [2.75, 3.05) is 13.2 Å². The molecule has 0 heterocycles. The lowest BCUT2D eigenvalue weighted by molar-refractivity contribution is 0.0684. The smallest absolute Gasteiger partial charge is 0.579 e. The van der Waals surface area contributed by atoms with Gasteiger partial charge in [0.05, 0.1) is 12.2 Å². The number of ether oxygens (including phenoxy) is 1. The third-order valence-corrected chi connectivity index (χ3v) is 4.10. The fourth-order valence-electron chi connectivity index (χ4n) is 1.58. The Labute approximate surface area is 132 Å². The zero-order valence-corrected chi connectivity index (χ0v) is 13.2. The first-order chi connectivity index (χ1) is 10.3. The van der Waals surface area contributed by atoms with Crippen molar-refractivity contribution in [1.29, 1.82) is 0 Å². The molecular formula is C15H14AlClO4. The normalized spacial score (nSPS) is 9.95. The third-order valence-electron chi connectivity index (χ3n) is 2.55. The van der Waals surface area contributed by atoms with Gasteiger partial charge in [-0.15, -0.1) is 0 Å². The van der Waals surface area contributed by atoms with Crippen LogP contribution in [0.1, 0.15) is 10.4 Å². The summed E-state index contributed by atoms with van der Waals surface area (Å²) in [5.74, 6) is 0.293. The van der Waals surface area contributed by atoms with Crippen molar-refractivity contribution >= 4 is 29.9 Å². The average molecular weight is 321 g/mol. The van der Waals surface area contributed by atoms with E-state index in [0.29, 0.717) is 12.2 Å². The van der Waals surface area contributed by atoms with Crippen LogP contribution in [-0.4, -0.2) is 33.1 Å². The summed E-state index contributed by atoms with van der Waals surface area (Å²) < 4.78 is 15.8. The first-order valence-corrected chi connectivity index (χ1v) is 9.14. The Morgan fingerprint density at radius 3 is 2.24 bits per heavy atom. The maximum Gasteiger partial charge on any atom is 0.908 e. The lowest BCUT2D eigenvalue weighted by Gasteiger charge is -2.10. The second-order valence-corrected chi connectivity index (χ2v) is 6.26. The summed E-state index contributed by atoms with van der Waals surface area (Å²) in [6.45, 7) is 0.625. The molecule has 0 bridgehead atoms. The highest BCUT2D eigenvalue weighted by atomic mass is 35.6. The summed E-state index contributed by atoms with van der Waals surface area (Å²) in [4.78, 5) is 11.7. The molecular weight excluding hydrogens is 307 g/mol. The van der Waals surface area contributed by atoms with E-state index in [1.165, 1.54) is 0 Å². The molecule has 0 N–H and O–H groups in total. The van der Waals surface area contributed by atoms with E-state index in [0.717, 1.165) is 5.75 Å². The molecule has 21 heavy (non-hydrogen) atoms. The summed E-state index contributed by atoms with van der Waals surface area (Å²) >= 11 is -2.51. The summed E-state index contributed by atoms with van der Waals surface area (Å²) in [7, 11) is 5.93. The quantitative estimate of drug-likeness (QED) is 0.580. The van der Waals surface area contributed by atoms with Gasteiger partial charge in [0.2, 0.25) is 0 Å². The minimum atomic E-state index is -2.51. The molecule has 108 valence electrons. The van der Waals surface area contributed by atoms with Crippen LogP contribution < -0.4 is 4.74 Å². The molecule has 0 spiro atoms. The van der Waals surface area contributed by atoms with Crippen molar-refractivity contribution in [2.45, 2.75) is 0 Å². The minimum Gasteiger partial charge on any atom is -0.579 e. The Bertz CT molecular complexity index is 550. The van der Waals surface area contributed by atoms with Crippen molar-refractivity contribution in [3.8, 4) is 5.75 Å². The lowest BCUT2D eigenvalue weighted by atomic mass is 10.2. The van der Waals surface area contributed by atoms with E-state index < -0.39 is 19.9 Å². The molecule has 0 aliphatic carbocycles. The van der Waals surface area contributed by atoms with Crippen molar-refractivity contribution in [2.24, 2.45) is 0 Å². The Morgan fingerprint density at radius 2 is 1.57 bits per heavy atom. The third kappa shape index (κ3) is 5.78. The molecule has 0 aliphatic heterocycles. The van der Waals surface area contributed by atoms with Gasteiger partial charge in [-0.3, -0.25) is 0 Å². The van der Waals surface area contributed by atoms with Crippen molar-refractivity contribution in [1.82, 2.24) is 0 Å². The predicted octanol–water partition coefficient (Wildman–Crippen LogP) is 3.16. The van der Waals surface area contributed by atoms with E-state index in [-0.39, 0.29) is 6.61 Å². The van der Waals surface area contributed by atoms with Crippen LogP contribution in [0.2, 0.25) is 0 Å². The van der Waals surface area contributed by atoms with Gasteiger partial charge >= 0.3 is 19.9 Å². The van der Waals surface area contributed by atoms with Gasteiger partial charge in [0.15, 0.2) is 0 Å². The molecule has 0 aliphatic rings. The average Bonchev–Trinajstić information content (AvgIpc) is 2.53. The summed E-state index contributed by atoms with van der Waals surface area (Å²) in [6.07, 6.45) is 0. The molecule has 0 fully saturated rings. The maximum atomic E-state index is 11.7. The van der Waals surface area contributed by atoms with E-state index in [1.807, 2.05) is 36.4 Å². The van der Waals surface area contributed by atoms with Gasteiger partial charge in [-0.25, -0.2) is 4.79 Å². The number of hydrogen-bond donors (Lipinski definition) is 0. The molecule has 0 aromatic heterocycles. The molecule has 4 nitrogen and oxygen atoms in total. The number of para-hydroxylation sites is 1. The topological polar surface area (TPSA) is 44.8 Å². The van der Waals surface area contributed by atoms with E-state index >= 15 is 0 Å². The first kappa shape index (κ1) is 15.9. The van der Waals surface area contributed by atoms with Crippen LogP contribution in [0.3, 0.4) is 0 Å². The second-order valence-electron chi connectivity index (χ2n) is 4.08. The van der Waals surface area contributed by atoms with Gasteiger partial charge in [0, 0.05) is 0 Å². The molecule has 2 rings (SSSR count). The Balaban J connectivity index is 1.66. The summed E-state index contributed by atoms with van der Waals surface area (Å²) in [5, 5.41) is 0. The van der Waals surface area contributed by atoms with Gasteiger partial charge < -0.3 is 12.3 Å². The molecule has 6 heteroatoms. The number of carbonyl (C=O) groups excluding carboxylic acids is 1. The summed E-state index contributed by atoms with van der Waals surface area (Å²) in [6, 6.07) is 18.1. The van der Waals surface area contributed by atoms with Crippen LogP contribution in [0.4, 0.5) is 0 Å². The van der Waals surface area contributed by atoms with E-state index in [1.54, 1.807) is 24.3 Å². The van der Waals surface area contributed by atoms with Crippen LogP contribution in [-0.2, 0) is 7.58 Å². The largest absolute Gasteiger partial charge is 0.908 e. The van der Waals surface area contributed by atoms with E-state index in [9.17, 15) is 4.79 Å². The van der Waals surface area contributed by atoms with Crippen molar-refractivity contribution in [3.05, 3.63) is 66.2 Å². The fourth-order valence-corrected chi connectivity index (χ4v) is 2.74. The van der Waals surface area contributed by atoms with E-state index in [2.05, 4.69) is 0 Å². The SMILES string of the molecule is O=C([O][Al]([Cl])[O]CCOc1ccccc1)c1ccccc1. The number of hydrogen-bond acceptors (Lipinski definition) is 4. The molecule has 0 saturated heterocycles. The highest BCUT2D eigenvalue weighted by molar-refractivity contribution is 7.00. The number of benzene rings is 2. The minimum absolute atomic E-state index is 0.275. The van der Waals surface area contributed by atoms with Crippen molar-refractivity contribution < 1.29 is 17.1 Å². The number of carbonyl (C=O) groups is 1. The van der Waals surface area contributed by atoms with Gasteiger partial charge in [-0.2, -0.15) is 10.0 Å². The molecule has 0 amide bonds. The standard InChI is InChI=1S/C8H9O2.C7H6O2.Al.ClH/c9-6-7-10-8-4-2-1-3-5-8;8-7(9)6-4-2-1-3-5-6;;/h1-5H,6-7H2;1-5H,(H,8,9);;1H/q-1;;+3;/p-2. The second kappa shape index (κ2) is 8.71. The molecule has 0 unspecified atom stereocenters. The molecule has 0 saturated carbocycles. The maximum absolute atomic E-state index is 11.7. The van der Waals surface area contributed by atoms with Crippen LogP contribution in [0, 0.1) is 0 Å². The van der Waals surface area contributed by atoms with Crippen LogP contribution in [0.15, 0.2) is 60.7 Å². The van der Waals surface area contributed by atoms with Crippen LogP contribution in [0.5, 0.6) is 5.75 Å². The Morgan fingerprint density at radius 1 is 0.952 bits per heavy atom. The van der Waals surface area contributed by atoms with Crippen LogP contribution in [0.25, 0.3) is 0 Å². The highest BCUT2D eigenvalue weighted by Gasteiger charge is 2.29. The Hall–Kier alpha value is -1.51. The highest BCUT2D eigenvalue weighted by Crippen LogP contribution is 2.08. The van der Waals surface area contributed by atoms with E-state index in [4.69, 9.17) is 22.4 Å². The van der Waals surface area contributed by atoms with Gasteiger partial charge in [0.25, 0.3) is 0 Å².